The molecule has 0 atom stereocenters. The van der Waals surface area contributed by atoms with Crippen LogP contribution in [0.4, 0.5) is 4.79 Å². The molecule has 1 aromatic rings. The van der Waals surface area contributed by atoms with Crippen LogP contribution in [0.25, 0.3) is 0 Å². The van der Waals surface area contributed by atoms with E-state index >= 15 is 0 Å². The Labute approximate surface area is 91.6 Å². The van der Waals surface area contributed by atoms with Crippen molar-refractivity contribution >= 4 is 11.9 Å². The summed E-state index contributed by atoms with van der Waals surface area (Å²) in [5, 5.41) is 10.5. The molecule has 0 saturated carbocycles. The summed E-state index contributed by atoms with van der Waals surface area (Å²) >= 11 is 0. The van der Waals surface area contributed by atoms with Gasteiger partial charge in [0.25, 0.3) is 5.91 Å². The fourth-order valence-electron chi connectivity index (χ4n) is 0.978. The van der Waals surface area contributed by atoms with E-state index in [1.54, 1.807) is 18.2 Å². The first kappa shape index (κ1) is 11.5. The van der Waals surface area contributed by atoms with Crippen LogP contribution in [-0.4, -0.2) is 18.5 Å². The Morgan fingerprint density at radius 3 is 2.88 bits per heavy atom. The molecule has 6 nitrogen and oxygen atoms in total. The first-order chi connectivity index (χ1) is 7.61. The molecular formula is C10H9N3O3. The van der Waals surface area contributed by atoms with E-state index in [1.807, 2.05) is 11.4 Å². The molecular weight excluding hydrogens is 210 g/mol. The van der Waals surface area contributed by atoms with E-state index in [0.29, 0.717) is 11.3 Å². The van der Waals surface area contributed by atoms with Crippen LogP contribution in [-0.2, 0) is 4.79 Å². The standard InChI is InChI=1S/C10H9N3O3/c11-5-7-2-1-3-8(4-7)16-6-9(14)13-10(12)15/h1-4H,6H2,(H3,12,13,14,15). The molecule has 0 aromatic heterocycles. The zero-order valence-corrected chi connectivity index (χ0v) is 8.27. The van der Waals surface area contributed by atoms with Gasteiger partial charge in [0.2, 0.25) is 0 Å². The minimum atomic E-state index is -0.931. The molecule has 1 rings (SSSR count). The minimum absolute atomic E-state index is 0.335. The molecule has 0 aliphatic carbocycles. The lowest BCUT2D eigenvalue weighted by molar-refractivity contribution is -0.121. The number of urea groups is 1. The summed E-state index contributed by atoms with van der Waals surface area (Å²) in [6, 6.07) is 7.31. The van der Waals surface area contributed by atoms with Gasteiger partial charge in [-0.3, -0.25) is 10.1 Å². The Bertz CT molecular complexity index is 451. The van der Waals surface area contributed by atoms with Gasteiger partial charge in [-0.15, -0.1) is 0 Å². The highest BCUT2D eigenvalue weighted by molar-refractivity contribution is 5.94. The molecule has 0 saturated heterocycles. The van der Waals surface area contributed by atoms with E-state index in [1.165, 1.54) is 6.07 Å². The Morgan fingerprint density at radius 2 is 2.25 bits per heavy atom. The van der Waals surface area contributed by atoms with Crippen molar-refractivity contribution in [1.82, 2.24) is 5.32 Å². The number of carbonyl (C=O) groups is 2. The van der Waals surface area contributed by atoms with E-state index < -0.39 is 11.9 Å². The largest absolute Gasteiger partial charge is 0.484 e. The third-order valence-corrected chi connectivity index (χ3v) is 1.60. The minimum Gasteiger partial charge on any atom is -0.484 e. The van der Waals surface area contributed by atoms with E-state index in [9.17, 15) is 9.59 Å². The molecule has 0 aliphatic heterocycles. The Morgan fingerprint density at radius 1 is 1.50 bits per heavy atom. The topological polar surface area (TPSA) is 105 Å². The van der Waals surface area contributed by atoms with Crippen LogP contribution in [0.5, 0.6) is 5.75 Å². The number of primary amides is 1. The molecule has 6 heteroatoms. The quantitative estimate of drug-likeness (QED) is 0.753. The molecule has 0 unspecified atom stereocenters. The van der Waals surface area contributed by atoms with Crippen molar-refractivity contribution in [1.29, 1.82) is 5.26 Å². The Kier molecular flexibility index (Phi) is 3.86. The number of nitrogens with one attached hydrogen (secondary N) is 1. The highest BCUT2D eigenvalue weighted by Crippen LogP contribution is 2.11. The van der Waals surface area contributed by atoms with Crippen molar-refractivity contribution < 1.29 is 14.3 Å². The molecule has 82 valence electrons. The lowest BCUT2D eigenvalue weighted by Crippen LogP contribution is -2.38. The molecule has 16 heavy (non-hydrogen) atoms. The third-order valence-electron chi connectivity index (χ3n) is 1.60. The second kappa shape index (κ2) is 5.36. The van der Waals surface area contributed by atoms with Crippen LogP contribution in [0.1, 0.15) is 5.56 Å². The van der Waals surface area contributed by atoms with Crippen LogP contribution in [0.3, 0.4) is 0 Å². The number of nitrogens with zero attached hydrogens (tertiary/aromatic N) is 1. The number of amides is 3. The number of benzene rings is 1. The maximum atomic E-state index is 11.0. The SMILES string of the molecule is N#Cc1cccc(OCC(=O)NC(N)=O)c1. The monoisotopic (exact) mass is 219 g/mol. The number of nitrogens with two attached hydrogens (primary N) is 1. The van der Waals surface area contributed by atoms with Gasteiger partial charge in [0.05, 0.1) is 11.6 Å². The molecule has 1 aromatic carbocycles. The maximum Gasteiger partial charge on any atom is 0.318 e. The predicted molar refractivity (Wildman–Crippen MR) is 54.4 cm³/mol. The molecule has 0 heterocycles. The van der Waals surface area contributed by atoms with E-state index in [-0.39, 0.29) is 6.61 Å². The van der Waals surface area contributed by atoms with Gasteiger partial charge in [-0.25, -0.2) is 4.79 Å². The zero-order chi connectivity index (χ0) is 12.0. The first-order valence-electron chi connectivity index (χ1n) is 4.34. The van der Waals surface area contributed by atoms with Crippen molar-refractivity contribution in [3.8, 4) is 11.8 Å². The van der Waals surface area contributed by atoms with Gasteiger partial charge < -0.3 is 10.5 Å². The fourth-order valence-corrected chi connectivity index (χ4v) is 0.978. The number of rotatable bonds is 3. The number of imide groups is 1. The number of nitriles is 1. The Balaban J connectivity index is 2.52. The van der Waals surface area contributed by atoms with E-state index in [2.05, 4.69) is 0 Å². The summed E-state index contributed by atoms with van der Waals surface area (Å²) in [6.07, 6.45) is 0. The van der Waals surface area contributed by atoms with Crippen LogP contribution in [0, 0.1) is 11.3 Å². The summed E-state index contributed by atoms with van der Waals surface area (Å²) in [6.45, 7) is -0.335. The van der Waals surface area contributed by atoms with Gasteiger partial charge >= 0.3 is 6.03 Å². The molecule has 3 N–H and O–H groups in total. The number of hydrogen-bond acceptors (Lipinski definition) is 4. The average molecular weight is 219 g/mol. The van der Waals surface area contributed by atoms with E-state index in [0.717, 1.165) is 0 Å². The number of ether oxygens (including phenoxy) is 1. The van der Waals surface area contributed by atoms with Crippen molar-refractivity contribution in [2.24, 2.45) is 5.73 Å². The lowest BCUT2D eigenvalue weighted by atomic mass is 10.2. The van der Waals surface area contributed by atoms with Crippen molar-refractivity contribution in [2.75, 3.05) is 6.61 Å². The second-order valence-corrected chi connectivity index (χ2v) is 2.84. The van der Waals surface area contributed by atoms with Gasteiger partial charge in [0, 0.05) is 0 Å². The third kappa shape index (κ3) is 3.67. The molecule has 0 radical (unpaired) electrons. The molecule has 0 fully saturated rings. The average Bonchev–Trinajstić information content (AvgIpc) is 2.26. The summed E-state index contributed by atoms with van der Waals surface area (Å²) in [5.74, 6) is -0.270. The van der Waals surface area contributed by atoms with Crippen molar-refractivity contribution in [2.45, 2.75) is 0 Å². The van der Waals surface area contributed by atoms with Gasteiger partial charge in [0.15, 0.2) is 6.61 Å². The number of carbonyl (C=O) groups excluding carboxylic acids is 2. The van der Waals surface area contributed by atoms with Crippen LogP contribution >= 0.6 is 0 Å². The Hall–Kier alpha value is -2.55. The van der Waals surface area contributed by atoms with Crippen LogP contribution in [0.15, 0.2) is 24.3 Å². The predicted octanol–water partition coefficient (Wildman–Crippen LogP) is 0.132. The van der Waals surface area contributed by atoms with Crippen LogP contribution < -0.4 is 15.8 Å². The molecule has 0 aliphatic rings. The first-order valence-corrected chi connectivity index (χ1v) is 4.34. The van der Waals surface area contributed by atoms with Gasteiger partial charge in [-0.2, -0.15) is 5.26 Å². The number of hydrogen-bond donors (Lipinski definition) is 2. The highest BCUT2D eigenvalue weighted by atomic mass is 16.5. The smallest absolute Gasteiger partial charge is 0.318 e. The van der Waals surface area contributed by atoms with Crippen molar-refractivity contribution in [3.63, 3.8) is 0 Å². The van der Waals surface area contributed by atoms with Crippen molar-refractivity contribution in [3.05, 3.63) is 29.8 Å². The normalized spacial score (nSPS) is 8.94. The molecule has 0 spiro atoms. The summed E-state index contributed by atoms with van der Waals surface area (Å²) in [7, 11) is 0. The highest BCUT2D eigenvalue weighted by Gasteiger charge is 2.05. The van der Waals surface area contributed by atoms with Gasteiger partial charge in [-0.05, 0) is 18.2 Å². The van der Waals surface area contributed by atoms with Gasteiger partial charge in [0.1, 0.15) is 5.75 Å². The second-order valence-electron chi connectivity index (χ2n) is 2.84. The van der Waals surface area contributed by atoms with Crippen LogP contribution in [0.2, 0.25) is 0 Å². The molecule has 3 amide bonds. The summed E-state index contributed by atoms with van der Waals surface area (Å²) in [5.41, 5.74) is 5.16. The maximum absolute atomic E-state index is 11.0. The summed E-state index contributed by atoms with van der Waals surface area (Å²) in [4.78, 5) is 21.3. The fraction of sp³-hybridized carbons (Fsp3) is 0.100. The zero-order valence-electron chi connectivity index (χ0n) is 8.27. The molecule has 0 bridgehead atoms. The van der Waals surface area contributed by atoms with Gasteiger partial charge in [-0.1, -0.05) is 6.07 Å². The lowest BCUT2D eigenvalue weighted by Gasteiger charge is -2.05. The summed E-state index contributed by atoms with van der Waals surface area (Å²) < 4.78 is 5.04. The van der Waals surface area contributed by atoms with E-state index in [4.69, 9.17) is 15.7 Å².